The first-order valence-electron chi connectivity index (χ1n) is 6.94. The van der Waals surface area contributed by atoms with Crippen molar-refractivity contribution in [1.82, 2.24) is 9.78 Å². The van der Waals surface area contributed by atoms with E-state index in [1.807, 2.05) is 65.3 Å². The molecule has 0 bridgehead atoms. The van der Waals surface area contributed by atoms with E-state index in [1.54, 1.807) is 0 Å². The zero-order valence-corrected chi connectivity index (χ0v) is 13.5. The Morgan fingerprint density at radius 1 is 0.913 bits per heavy atom. The number of aromatic nitrogens is 2. The van der Waals surface area contributed by atoms with E-state index in [4.69, 9.17) is 10.4 Å². The number of nitrogens with zero attached hydrogens (tertiary/aromatic N) is 4. The summed E-state index contributed by atoms with van der Waals surface area (Å²) in [6.07, 6.45) is 0. The van der Waals surface area contributed by atoms with E-state index in [0.29, 0.717) is 5.04 Å². The van der Waals surface area contributed by atoms with E-state index in [0.717, 1.165) is 27.7 Å². The van der Waals surface area contributed by atoms with Crippen LogP contribution in [0.4, 0.5) is 5.82 Å². The molecular weight excluding hydrogens is 324 g/mol. The van der Waals surface area contributed by atoms with Crippen LogP contribution in [-0.4, -0.2) is 14.8 Å². The number of hydrogen-bond acceptors (Lipinski definition) is 5. The Morgan fingerprint density at radius 2 is 1.61 bits per heavy atom. The minimum absolute atomic E-state index is 0.444. The number of fused-ring (bicyclic) bond motifs is 1. The molecule has 2 aromatic carbocycles. The van der Waals surface area contributed by atoms with Gasteiger partial charge in [0.2, 0.25) is 0 Å². The van der Waals surface area contributed by atoms with E-state index in [2.05, 4.69) is 11.1 Å². The van der Waals surface area contributed by atoms with Crippen LogP contribution in [0.25, 0.3) is 16.9 Å². The summed E-state index contributed by atoms with van der Waals surface area (Å²) < 4.78 is 1.81. The van der Waals surface area contributed by atoms with Gasteiger partial charge in [-0.15, -0.1) is 0 Å². The molecule has 0 saturated heterocycles. The van der Waals surface area contributed by atoms with E-state index in [9.17, 15) is 0 Å². The quantitative estimate of drug-likeness (QED) is 0.629. The first-order valence-corrected chi connectivity index (χ1v) is 9.09. The second kappa shape index (κ2) is 5.95. The summed E-state index contributed by atoms with van der Waals surface area (Å²) in [5.41, 5.74) is 2.87. The molecule has 0 fully saturated rings. The van der Waals surface area contributed by atoms with Crippen LogP contribution in [0.1, 0.15) is 0 Å². The molecule has 0 saturated carbocycles. The van der Waals surface area contributed by atoms with Crippen LogP contribution < -0.4 is 0 Å². The van der Waals surface area contributed by atoms with Crippen LogP contribution in [0.3, 0.4) is 0 Å². The van der Waals surface area contributed by atoms with Gasteiger partial charge in [-0.25, -0.2) is 9.67 Å². The summed E-state index contributed by atoms with van der Waals surface area (Å²) in [4.78, 5) is 5.47. The molecular formula is C17H10N4S2. The zero-order chi connectivity index (χ0) is 15.6. The van der Waals surface area contributed by atoms with Gasteiger partial charge in [0.25, 0.3) is 0 Å². The van der Waals surface area contributed by atoms with Crippen LogP contribution in [0.2, 0.25) is 0 Å². The molecule has 0 unspecified atom stereocenters. The second-order valence-corrected chi connectivity index (χ2v) is 6.94. The number of rotatable bonds is 2. The fourth-order valence-corrected chi connectivity index (χ4v) is 4.28. The monoisotopic (exact) mass is 334 g/mol. The zero-order valence-electron chi connectivity index (χ0n) is 11.9. The SMILES string of the molecule is N#CC1=Nc2c(c(-c3ccccc3)nn2-c2ccccc2)SS1. The molecule has 0 radical (unpaired) electrons. The first kappa shape index (κ1) is 14.1. The molecule has 1 aliphatic heterocycles. The van der Waals surface area contributed by atoms with Crippen LogP contribution >= 0.6 is 21.6 Å². The van der Waals surface area contributed by atoms with Gasteiger partial charge in [0.1, 0.15) is 11.8 Å². The number of nitriles is 1. The van der Waals surface area contributed by atoms with Gasteiger partial charge < -0.3 is 0 Å². The second-order valence-electron chi connectivity index (χ2n) is 4.81. The maximum atomic E-state index is 9.16. The van der Waals surface area contributed by atoms with Crippen molar-refractivity contribution < 1.29 is 0 Å². The standard InChI is InChI=1S/C17H10N4S2/c18-11-14-19-17-16(23-22-14)15(12-7-3-1-4-8-12)20-21(17)13-9-5-2-6-10-13/h1-10H. The molecule has 3 aromatic rings. The van der Waals surface area contributed by atoms with Gasteiger partial charge >= 0.3 is 0 Å². The molecule has 4 rings (SSSR count). The topological polar surface area (TPSA) is 54.0 Å². The van der Waals surface area contributed by atoms with Gasteiger partial charge in [0.15, 0.2) is 10.9 Å². The Bertz CT molecular complexity index is 924. The first-order chi connectivity index (χ1) is 11.4. The maximum Gasteiger partial charge on any atom is 0.187 e. The number of aliphatic imine (C=N–C) groups is 1. The third kappa shape index (κ3) is 2.54. The molecule has 0 N–H and O–H groups in total. The fraction of sp³-hybridized carbons (Fsp3) is 0. The lowest BCUT2D eigenvalue weighted by Crippen LogP contribution is -1.97. The van der Waals surface area contributed by atoms with Crippen molar-refractivity contribution in [2.24, 2.45) is 4.99 Å². The van der Waals surface area contributed by atoms with Gasteiger partial charge in [-0.05, 0) is 33.7 Å². The summed E-state index contributed by atoms with van der Waals surface area (Å²) in [5.74, 6) is 0.718. The Kier molecular flexibility index (Phi) is 3.66. The van der Waals surface area contributed by atoms with Crippen LogP contribution in [0, 0.1) is 11.3 Å². The lowest BCUT2D eigenvalue weighted by atomic mass is 10.1. The van der Waals surface area contributed by atoms with Gasteiger partial charge in [-0.1, -0.05) is 48.5 Å². The molecule has 0 spiro atoms. The molecule has 2 heterocycles. The van der Waals surface area contributed by atoms with E-state index in [1.165, 1.54) is 21.6 Å². The van der Waals surface area contributed by atoms with Gasteiger partial charge in [-0.3, -0.25) is 0 Å². The molecule has 0 amide bonds. The van der Waals surface area contributed by atoms with Crippen molar-refractivity contribution in [3.63, 3.8) is 0 Å². The Labute approximate surface area is 141 Å². The van der Waals surface area contributed by atoms with E-state index < -0.39 is 0 Å². The molecule has 1 aliphatic rings. The average Bonchev–Trinajstić information content (AvgIpc) is 3.02. The highest BCUT2D eigenvalue weighted by atomic mass is 33.1. The largest absolute Gasteiger partial charge is 0.213 e. The smallest absolute Gasteiger partial charge is 0.187 e. The Hall–Kier alpha value is -2.49. The van der Waals surface area contributed by atoms with Crippen molar-refractivity contribution in [3.05, 3.63) is 60.7 Å². The summed E-state index contributed by atoms with van der Waals surface area (Å²) in [5, 5.41) is 14.4. The molecule has 1 aromatic heterocycles. The summed E-state index contributed by atoms with van der Waals surface area (Å²) in [7, 11) is 2.91. The van der Waals surface area contributed by atoms with Crippen LogP contribution in [0.5, 0.6) is 0 Å². The van der Waals surface area contributed by atoms with Gasteiger partial charge in [0, 0.05) is 5.56 Å². The minimum Gasteiger partial charge on any atom is -0.213 e. The molecule has 4 nitrogen and oxygen atoms in total. The highest BCUT2D eigenvalue weighted by Gasteiger charge is 2.25. The average molecular weight is 334 g/mol. The molecule has 110 valence electrons. The summed E-state index contributed by atoms with van der Waals surface area (Å²) >= 11 is 0. The van der Waals surface area contributed by atoms with Crippen LogP contribution in [-0.2, 0) is 0 Å². The van der Waals surface area contributed by atoms with Crippen LogP contribution in [0.15, 0.2) is 70.6 Å². The lowest BCUT2D eigenvalue weighted by molar-refractivity contribution is 0.883. The minimum atomic E-state index is 0.444. The number of benzene rings is 2. The van der Waals surface area contributed by atoms with Crippen molar-refractivity contribution in [3.8, 4) is 23.0 Å². The number of para-hydroxylation sites is 1. The predicted molar refractivity (Wildman–Crippen MR) is 95.2 cm³/mol. The normalized spacial score (nSPS) is 13.1. The van der Waals surface area contributed by atoms with Gasteiger partial charge in [0.05, 0.1) is 10.6 Å². The van der Waals surface area contributed by atoms with Crippen molar-refractivity contribution in [1.29, 1.82) is 5.26 Å². The molecule has 0 atom stereocenters. The lowest BCUT2D eigenvalue weighted by Gasteiger charge is -2.09. The van der Waals surface area contributed by atoms with E-state index in [-0.39, 0.29) is 0 Å². The highest BCUT2D eigenvalue weighted by Crippen LogP contribution is 2.48. The maximum absolute atomic E-state index is 9.16. The predicted octanol–water partition coefficient (Wildman–Crippen LogP) is 4.85. The highest BCUT2D eigenvalue weighted by molar-refractivity contribution is 8.82. The summed E-state index contributed by atoms with van der Waals surface area (Å²) in [6, 6.07) is 22.0. The molecule has 0 aliphatic carbocycles. The van der Waals surface area contributed by atoms with Crippen molar-refractivity contribution in [2.75, 3.05) is 0 Å². The Balaban J connectivity index is 1.96. The third-order valence-electron chi connectivity index (χ3n) is 3.37. The van der Waals surface area contributed by atoms with E-state index >= 15 is 0 Å². The third-order valence-corrected chi connectivity index (χ3v) is 5.56. The Morgan fingerprint density at radius 3 is 2.30 bits per heavy atom. The van der Waals surface area contributed by atoms with Gasteiger partial charge in [-0.2, -0.15) is 10.4 Å². The molecule has 23 heavy (non-hydrogen) atoms. The van der Waals surface area contributed by atoms with Crippen molar-refractivity contribution >= 4 is 32.4 Å². The molecule has 6 heteroatoms. The fourth-order valence-electron chi connectivity index (χ4n) is 2.34. The summed E-state index contributed by atoms with van der Waals surface area (Å²) in [6.45, 7) is 0. The van der Waals surface area contributed by atoms with Crippen molar-refractivity contribution in [2.45, 2.75) is 4.90 Å². The number of hydrogen-bond donors (Lipinski definition) is 0.